The number of halogens is 1. The fraction of sp³-hybridized carbons (Fsp3) is 0.333. The van der Waals surface area contributed by atoms with E-state index in [4.69, 9.17) is 27.0 Å². The fourth-order valence-corrected chi connectivity index (χ4v) is 2.80. The van der Waals surface area contributed by atoms with E-state index in [1.54, 1.807) is 0 Å². The van der Waals surface area contributed by atoms with Crippen LogP contribution in [0.5, 0.6) is 0 Å². The first-order chi connectivity index (χ1) is 10.0. The Labute approximate surface area is 132 Å². The summed E-state index contributed by atoms with van der Waals surface area (Å²) in [4.78, 5) is 21.4. The third-order valence-corrected chi connectivity index (χ3v) is 4.27. The van der Waals surface area contributed by atoms with Crippen LogP contribution in [0.25, 0.3) is 0 Å². The Morgan fingerprint density at radius 1 is 1.41 bits per heavy atom. The molecule has 1 rings (SSSR count). The van der Waals surface area contributed by atoms with Crippen molar-refractivity contribution in [3.05, 3.63) is 22.7 Å². The Bertz CT molecular complexity index is 704. The number of aliphatic carboxylic acids is 1. The highest BCUT2D eigenvalue weighted by atomic mass is 35.5. The molecular formula is C12H15ClN2O6S. The lowest BCUT2D eigenvalue weighted by atomic mass is 10.1. The largest absolute Gasteiger partial charge is 0.480 e. The molecule has 0 bridgehead atoms. The molecule has 22 heavy (non-hydrogen) atoms. The van der Waals surface area contributed by atoms with Crippen LogP contribution in [-0.4, -0.2) is 36.0 Å². The molecule has 0 aliphatic rings. The van der Waals surface area contributed by atoms with Crippen LogP contribution in [-0.2, 0) is 19.7 Å². The van der Waals surface area contributed by atoms with Crippen LogP contribution in [0.2, 0.25) is 5.02 Å². The molecule has 1 aromatic rings. The highest BCUT2D eigenvalue weighted by Crippen LogP contribution is 2.28. The van der Waals surface area contributed by atoms with Crippen molar-refractivity contribution in [2.45, 2.75) is 30.7 Å². The van der Waals surface area contributed by atoms with Gasteiger partial charge in [-0.25, -0.2) is 4.79 Å². The third-order valence-electron chi connectivity index (χ3n) is 2.89. The number of rotatable bonds is 7. The maximum absolute atomic E-state index is 11.3. The van der Waals surface area contributed by atoms with Gasteiger partial charge in [0, 0.05) is 17.1 Å². The third kappa shape index (κ3) is 4.86. The van der Waals surface area contributed by atoms with Gasteiger partial charge in [0.25, 0.3) is 10.1 Å². The summed E-state index contributed by atoms with van der Waals surface area (Å²) < 4.78 is 31.7. The first-order valence-corrected chi connectivity index (χ1v) is 7.89. The lowest BCUT2D eigenvalue weighted by Gasteiger charge is -2.17. The summed E-state index contributed by atoms with van der Waals surface area (Å²) in [6.45, 7) is 1.40. The Balaban J connectivity index is 3.13. The summed E-state index contributed by atoms with van der Waals surface area (Å²) in [5, 5.41) is 11.7. The summed E-state index contributed by atoms with van der Waals surface area (Å²) in [5.41, 5.74) is 5.19. The van der Waals surface area contributed by atoms with E-state index in [1.165, 1.54) is 13.0 Å². The standard InChI is InChI=1S/C12H15ClN2O6S/c1-6-8(13)4-7(5-10(6)22(19,20)21)15-9(12(17)18)2-3-11(14)16/h4-5,9,15H,2-3H2,1H3,(H2,14,16)(H,17,18)(H,19,20,21)/t9-/m0/s1. The first-order valence-electron chi connectivity index (χ1n) is 6.07. The number of amides is 1. The summed E-state index contributed by atoms with van der Waals surface area (Å²) in [7, 11) is -4.51. The van der Waals surface area contributed by atoms with Crippen molar-refractivity contribution < 1.29 is 27.7 Å². The minimum Gasteiger partial charge on any atom is -0.480 e. The summed E-state index contributed by atoms with van der Waals surface area (Å²) >= 11 is 5.88. The smallest absolute Gasteiger partial charge is 0.326 e. The van der Waals surface area contributed by atoms with Crippen molar-refractivity contribution in [1.29, 1.82) is 0 Å². The fourth-order valence-electron chi connectivity index (χ4n) is 1.75. The lowest BCUT2D eigenvalue weighted by Crippen LogP contribution is -2.30. The minimum absolute atomic E-state index is 0.0386. The van der Waals surface area contributed by atoms with E-state index < -0.39 is 32.9 Å². The molecule has 10 heteroatoms. The minimum atomic E-state index is -4.51. The first kappa shape index (κ1) is 18.2. The molecule has 0 radical (unpaired) electrons. The Morgan fingerprint density at radius 3 is 2.45 bits per heavy atom. The molecule has 0 aliphatic heterocycles. The highest BCUT2D eigenvalue weighted by Gasteiger charge is 2.21. The second-order valence-electron chi connectivity index (χ2n) is 4.60. The molecule has 5 N–H and O–H groups in total. The van der Waals surface area contributed by atoms with Crippen LogP contribution in [0, 0.1) is 6.92 Å². The Morgan fingerprint density at radius 2 is 2.00 bits per heavy atom. The highest BCUT2D eigenvalue weighted by molar-refractivity contribution is 7.85. The van der Waals surface area contributed by atoms with Gasteiger partial charge in [0.15, 0.2) is 0 Å². The van der Waals surface area contributed by atoms with Crippen LogP contribution in [0.1, 0.15) is 18.4 Å². The summed E-state index contributed by atoms with van der Waals surface area (Å²) in [6, 6.07) is 1.23. The average molecular weight is 351 g/mol. The van der Waals surface area contributed by atoms with Crippen LogP contribution in [0.3, 0.4) is 0 Å². The predicted octanol–water partition coefficient (Wildman–Crippen LogP) is 1.03. The van der Waals surface area contributed by atoms with Gasteiger partial charge in [-0.15, -0.1) is 0 Å². The zero-order valence-corrected chi connectivity index (χ0v) is 13.1. The summed E-state index contributed by atoms with van der Waals surface area (Å²) in [5.74, 6) is -1.90. The van der Waals surface area contributed by atoms with Crippen molar-refractivity contribution in [2.24, 2.45) is 5.73 Å². The topological polar surface area (TPSA) is 147 Å². The number of carbonyl (C=O) groups excluding carboxylic acids is 1. The molecule has 0 fully saturated rings. The zero-order valence-electron chi connectivity index (χ0n) is 11.5. The Hall–Kier alpha value is -1.84. The van der Waals surface area contributed by atoms with Crippen LogP contribution in [0.15, 0.2) is 17.0 Å². The molecule has 1 atom stereocenters. The Kier molecular flexibility index (Phi) is 5.75. The molecule has 0 saturated carbocycles. The molecule has 8 nitrogen and oxygen atoms in total. The average Bonchev–Trinajstić information content (AvgIpc) is 2.36. The quantitative estimate of drug-likeness (QED) is 0.537. The van der Waals surface area contributed by atoms with E-state index in [9.17, 15) is 18.0 Å². The number of nitrogens with two attached hydrogens (primary N) is 1. The number of hydrogen-bond acceptors (Lipinski definition) is 5. The van der Waals surface area contributed by atoms with Gasteiger partial charge >= 0.3 is 5.97 Å². The van der Waals surface area contributed by atoms with Crippen LogP contribution >= 0.6 is 11.6 Å². The number of carboxylic acids is 1. The molecule has 0 unspecified atom stereocenters. The molecule has 1 aromatic carbocycles. The van der Waals surface area contributed by atoms with E-state index in [2.05, 4.69) is 5.32 Å². The lowest BCUT2D eigenvalue weighted by molar-refractivity contribution is -0.138. The van der Waals surface area contributed by atoms with Gasteiger partial charge < -0.3 is 16.2 Å². The maximum Gasteiger partial charge on any atom is 0.326 e. The van der Waals surface area contributed by atoms with Gasteiger partial charge in [-0.1, -0.05) is 11.6 Å². The van der Waals surface area contributed by atoms with E-state index in [0.717, 1.165) is 6.07 Å². The monoisotopic (exact) mass is 350 g/mol. The van der Waals surface area contributed by atoms with Gasteiger partial charge in [0.2, 0.25) is 5.91 Å². The molecule has 0 aliphatic carbocycles. The number of anilines is 1. The molecular weight excluding hydrogens is 336 g/mol. The number of carboxylic acid groups (broad SMARTS) is 1. The van der Waals surface area contributed by atoms with Gasteiger partial charge in [0.05, 0.1) is 0 Å². The molecule has 0 heterocycles. The summed E-state index contributed by atoms with van der Waals surface area (Å²) in [6.07, 6.45) is -0.244. The van der Waals surface area contributed by atoms with E-state index >= 15 is 0 Å². The number of hydrogen-bond donors (Lipinski definition) is 4. The van der Waals surface area contributed by atoms with Crippen LogP contribution < -0.4 is 11.1 Å². The van der Waals surface area contributed by atoms with Gasteiger partial charge in [-0.2, -0.15) is 8.42 Å². The van der Waals surface area contributed by atoms with Gasteiger partial charge in [0.1, 0.15) is 10.9 Å². The van der Waals surface area contributed by atoms with Crippen molar-refractivity contribution in [2.75, 3.05) is 5.32 Å². The number of primary amides is 1. The molecule has 0 saturated heterocycles. The van der Waals surface area contributed by atoms with Crippen molar-refractivity contribution in [1.82, 2.24) is 0 Å². The molecule has 1 amide bonds. The second kappa shape index (κ2) is 6.95. The molecule has 0 aromatic heterocycles. The van der Waals surface area contributed by atoms with Crippen LogP contribution in [0.4, 0.5) is 5.69 Å². The van der Waals surface area contributed by atoms with Crippen molar-refractivity contribution >= 4 is 39.3 Å². The SMILES string of the molecule is Cc1c(Cl)cc(N[C@@H](CCC(N)=O)C(=O)O)cc1S(=O)(=O)O. The van der Waals surface area contributed by atoms with E-state index in [-0.39, 0.29) is 29.1 Å². The predicted molar refractivity (Wildman–Crippen MR) is 79.5 cm³/mol. The number of carbonyl (C=O) groups is 2. The zero-order chi connectivity index (χ0) is 17.1. The number of benzene rings is 1. The van der Waals surface area contributed by atoms with Crippen molar-refractivity contribution in [3.8, 4) is 0 Å². The normalized spacial score (nSPS) is 12.7. The van der Waals surface area contributed by atoms with E-state index in [1.807, 2.05) is 0 Å². The molecule has 122 valence electrons. The number of nitrogens with one attached hydrogen (secondary N) is 1. The maximum atomic E-state index is 11.3. The van der Waals surface area contributed by atoms with Crippen molar-refractivity contribution in [3.63, 3.8) is 0 Å². The molecule has 0 spiro atoms. The van der Waals surface area contributed by atoms with Gasteiger partial charge in [-0.05, 0) is 31.0 Å². The van der Waals surface area contributed by atoms with Gasteiger partial charge in [-0.3, -0.25) is 9.35 Å². The second-order valence-corrected chi connectivity index (χ2v) is 6.39. The van der Waals surface area contributed by atoms with E-state index in [0.29, 0.717) is 0 Å².